The van der Waals surface area contributed by atoms with Crippen LogP contribution >= 0.6 is 23.1 Å². The molecule has 4 rings (SSSR count). The molecular weight excluding hydrogens is 404 g/mol. The van der Waals surface area contributed by atoms with Gasteiger partial charge in [0.2, 0.25) is 5.82 Å². The fourth-order valence-corrected chi connectivity index (χ4v) is 4.49. The van der Waals surface area contributed by atoms with Gasteiger partial charge < -0.3 is 9.84 Å². The lowest BCUT2D eigenvalue weighted by Gasteiger charge is -2.35. The Hall–Kier alpha value is -2.58. The number of carbonyl (C=O) groups excluding carboxylic acids is 1. The van der Waals surface area contributed by atoms with Crippen LogP contribution in [0.15, 0.2) is 56.9 Å². The van der Waals surface area contributed by atoms with Crippen molar-refractivity contribution < 1.29 is 9.32 Å². The Kier molecular flexibility index (Phi) is 5.73. The minimum atomic E-state index is -0.344. The predicted molar refractivity (Wildman–Crippen MR) is 117 cm³/mol. The average Bonchev–Trinajstić information content (AvgIpc) is 3.42. The summed E-state index contributed by atoms with van der Waals surface area (Å²) in [6, 6.07) is 11.7. The lowest BCUT2D eigenvalue weighted by molar-refractivity contribution is 0.205. The third-order valence-corrected chi connectivity index (χ3v) is 6.50. The first kappa shape index (κ1) is 19.7. The van der Waals surface area contributed by atoms with Gasteiger partial charge in [0, 0.05) is 17.1 Å². The smallest absolute Gasteiger partial charge is 0.322 e. The molecule has 6 nitrogen and oxygen atoms in total. The van der Waals surface area contributed by atoms with Gasteiger partial charge in [-0.1, -0.05) is 30.3 Å². The van der Waals surface area contributed by atoms with Crippen LogP contribution in [0.5, 0.6) is 0 Å². The quantitative estimate of drug-likeness (QED) is 0.532. The Balaban J connectivity index is 1.80. The van der Waals surface area contributed by atoms with Crippen molar-refractivity contribution in [1.82, 2.24) is 20.4 Å². The van der Waals surface area contributed by atoms with Crippen LogP contribution in [0, 0.1) is 0 Å². The Bertz CT molecular complexity index is 1030. The minimum absolute atomic E-state index is 0.106. The second kappa shape index (κ2) is 8.42. The average molecular weight is 427 g/mol. The Labute approximate surface area is 178 Å². The molecule has 3 heterocycles. The molecular formula is C21H22N4O2S2. The lowest BCUT2D eigenvalue weighted by Crippen LogP contribution is -2.46. The number of hydrogen-bond donors (Lipinski definition) is 1. The highest BCUT2D eigenvalue weighted by Crippen LogP contribution is 2.38. The standard InChI is InChI=1S/C21H22N4O2S2/c1-4-11-25-13(2)17(20-23-19(24-27-20)16-6-5-12-29-16)18(22-21(25)26)14-7-9-15(28-3)10-8-14/h5-10,12,18H,4,11H2,1-3H3,(H,22,26). The first-order valence-corrected chi connectivity index (χ1v) is 11.5. The maximum atomic E-state index is 12.8. The summed E-state index contributed by atoms with van der Waals surface area (Å²) >= 11 is 3.25. The van der Waals surface area contributed by atoms with E-state index in [0.717, 1.165) is 28.1 Å². The van der Waals surface area contributed by atoms with Crippen molar-refractivity contribution in [3.05, 3.63) is 58.9 Å². The van der Waals surface area contributed by atoms with Crippen LogP contribution in [0.1, 0.15) is 37.8 Å². The van der Waals surface area contributed by atoms with E-state index in [1.54, 1.807) is 28.0 Å². The molecule has 8 heteroatoms. The molecule has 150 valence electrons. The van der Waals surface area contributed by atoms with E-state index in [-0.39, 0.29) is 12.1 Å². The number of aromatic nitrogens is 2. The zero-order chi connectivity index (χ0) is 20.4. The Morgan fingerprint density at radius 3 is 2.72 bits per heavy atom. The van der Waals surface area contributed by atoms with Crippen molar-refractivity contribution in [2.45, 2.75) is 31.2 Å². The predicted octanol–water partition coefficient (Wildman–Crippen LogP) is 5.43. The summed E-state index contributed by atoms with van der Waals surface area (Å²) in [5, 5.41) is 9.28. The summed E-state index contributed by atoms with van der Waals surface area (Å²) in [6.07, 6.45) is 2.90. The number of nitrogens with zero attached hydrogens (tertiary/aromatic N) is 3. The number of allylic oxidation sites excluding steroid dienone is 1. The van der Waals surface area contributed by atoms with Gasteiger partial charge in [-0.05, 0) is 48.7 Å². The number of thiophene rings is 1. The number of rotatable bonds is 6. The molecule has 1 aliphatic rings. The fraction of sp³-hybridized carbons (Fsp3) is 0.286. The van der Waals surface area contributed by atoms with Gasteiger partial charge in [-0.25, -0.2) is 4.79 Å². The van der Waals surface area contributed by atoms with Crippen LogP contribution in [-0.2, 0) is 0 Å². The summed E-state index contributed by atoms with van der Waals surface area (Å²) in [6.45, 7) is 4.63. The van der Waals surface area contributed by atoms with Gasteiger partial charge in [0.05, 0.1) is 16.5 Å². The van der Waals surface area contributed by atoms with Gasteiger partial charge >= 0.3 is 6.03 Å². The highest BCUT2D eigenvalue weighted by atomic mass is 32.2. The maximum absolute atomic E-state index is 12.8. The second-order valence-electron chi connectivity index (χ2n) is 6.71. The van der Waals surface area contributed by atoms with Gasteiger partial charge in [-0.15, -0.1) is 23.1 Å². The monoisotopic (exact) mass is 426 g/mol. The van der Waals surface area contributed by atoms with Crippen LogP contribution in [0.2, 0.25) is 0 Å². The number of urea groups is 1. The highest BCUT2D eigenvalue weighted by molar-refractivity contribution is 7.98. The molecule has 29 heavy (non-hydrogen) atoms. The SMILES string of the molecule is CCCN1C(=O)NC(c2ccc(SC)cc2)C(c2nc(-c3cccs3)no2)=C1C. The normalized spacial score (nSPS) is 17.0. The molecule has 0 aliphatic carbocycles. The fourth-order valence-electron chi connectivity index (χ4n) is 3.44. The van der Waals surface area contributed by atoms with E-state index >= 15 is 0 Å². The van der Waals surface area contributed by atoms with Crippen molar-refractivity contribution in [2.24, 2.45) is 0 Å². The van der Waals surface area contributed by atoms with Gasteiger partial charge in [0.1, 0.15) is 0 Å². The third-order valence-electron chi connectivity index (χ3n) is 4.89. The van der Waals surface area contributed by atoms with E-state index in [1.165, 1.54) is 4.90 Å². The molecule has 3 aromatic rings. The van der Waals surface area contributed by atoms with E-state index in [4.69, 9.17) is 4.52 Å². The Morgan fingerprint density at radius 1 is 1.28 bits per heavy atom. The Morgan fingerprint density at radius 2 is 2.07 bits per heavy atom. The van der Waals surface area contributed by atoms with Crippen LogP contribution in [-0.4, -0.2) is 33.9 Å². The third kappa shape index (κ3) is 3.82. The van der Waals surface area contributed by atoms with Crippen molar-refractivity contribution in [3.8, 4) is 10.7 Å². The number of carbonyl (C=O) groups is 1. The van der Waals surface area contributed by atoms with Gasteiger partial charge in [-0.3, -0.25) is 4.90 Å². The van der Waals surface area contributed by atoms with Gasteiger partial charge in [0.25, 0.3) is 5.89 Å². The van der Waals surface area contributed by atoms with E-state index in [1.807, 2.05) is 42.8 Å². The highest BCUT2D eigenvalue weighted by Gasteiger charge is 2.35. The molecule has 0 radical (unpaired) electrons. The number of amides is 2. The molecule has 2 amide bonds. The maximum Gasteiger partial charge on any atom is 0.322 e. The van der Waals surface area contributed by atoms with Gasteiger partial charge in [0.15, 0.2) is 0 Å². The number of hydrogen-bond acceptors (Lipinski definition) is 6. The molecule has 1 unspecified atom stereocenters. The number of benzene rings is 1. The zero-order valence-electron chi connectivity index (χ0n) is 16.5. The van der Waals surface area contributed by atoms with Crippen molar-refractivity contribution in [3.63, 3.8) is 0 Å². The van der Waals surface area contributed by atoms with Crippen molar-refractivity contribution in [1.29, 1.82) is 0 Å². The van der Waals surface area contributed by atoms with E-state index in [9.17, 15) is 4.79 Å². The molecule has 0 saturated heterocycles. The largest absolute Gasteiger partial charge is 0.334 e. The van der Waals surface area contributed by atoms with E-state index < -0.39 is 0 Å². The van der Waals surface area contributed by atoms with Crippen LogP contribution in [0.3, 0.4) is 0 Å². The minimum Gasteiger partial charge on any atom is -0.334 e. The topological polar surface area (TPSA) is 71.3 Å². The summed E-state index contributed by atoms with van der Waals surface area (Å²) in [4.78, 5) is 21.3. The molecule has 0 spiro atoms. The van der Waals surface area contributed by atoms with Crippen molar-refractivity contribution >= 4 is 34.7 Å². The first-order chi connectivity index (χ1) is 14.1. The van der Waals surface area contributed by atoms with Crippen LogP contribution in [0.25, 0.3) is 16.3 Å². The molecule has 1 atom stereocenters. The van der Waals surface area contributed by atoms with Crippen molar-refractivity contribution in [2.75, 3.05) is 12.8 Å². The molecule has 0 saturated carbocycles. The van der Waals surface area contributed by atoms with Crippen LogP contribution in [0.4, 0.5) is 4.79 Å². The zero-order valence-corrected chi connectivity index (χ0v) is 18.1. The summed E-state index contributed by atoms with van der Waals surface area (Å²) in [7, 11) is 0. The molecule has 0 fully saturated rings. The van der Waals surface area contributed by atoms with Crippen LogP contribution < -0.4 is 5.32 Å². The second-order valence-corrected chi connectivity index (χ2v) is 8.53. The van der Waals surface area contributed by atoms with E-state index in [0.29, 0.717) is 18.3 Å². The summed E-state index contributed by atoms with van der Waals surface area (Å²) in [5.41, 5.74) is 2.67. The lowest BCUT2D eigenvalue weighted by atomic mass is 9.94. The molecule has 1 aromatic carbocycles. The number of thioether (sulfide) groups is 1. The van der Waals surface area contributed by atoms with E-state index in [2.05, 4.69) is 34.5 Å². The molecule has 1 aliphatic heterocycles. The summed E-state index contributed by atoms with van der Waals surface area (Å²) < 4.78 is 5.66. The molecule has 0 bridgehead atoms. The first-order valence-electron chi connectivity index (χ1n) is 9.43. The number of nitrogens with one attached hydrogen (secondary N) is 1. The molecule has 2 aromatic heterocycles. The summed E-state index contributed by atoms with van der Waals surface area (Å²) in [5.74, 6) is 0.997. The molecule has 1 N–H and O–H groups in total. The van der Waals surface area contributed by atoms with Gasteiger partial charge in [-0.2, -0.15) is 4.98 Å².